The second kappa shape index (κ2) is 6.78. The number of urea groups is 1. The molecule has 1 aromatic rings. The molecule has 5 nitrogen and oxygen atoms in total. The number of hydrogen-bond acceptors (Lipinski definition) is 2. The molecular formula is C14H20N2O3. The monoisotopic (exact) mass is 264 g/mol. The maximum absolute atomic E-state index is 12.1. The van der Waals surface area contributed by atoms with Crippen LogP contribution in [-0.4, -0.2) is 29.7 Å². The summed E-state index contributed by atoms with van der Waals surface area (Å²) in [5, 5.41) is 11.5. The van der Waals surface area contributed by atoms with Gasteiger partial charge in [-0.2, -0.15) is 0 Å². The maximum Gasteiger partial charge on any atom is 0.326 e. The number of carbonyl (C=O) groups is 2. The van der Waals surface area contributed by atoms with Gasteiger partial charge in [0.1, 0.15) is 6.04 Å². The minimum Gasteiger partial charge on any atom is -0.480 e. The molecule has 0 saturated carbocycles. The highest BCUT2D eigenvalue weighted by atomic mass is 16.4. The summed E-state index contributed by atoms with van der Waals surface area (Å²) >= 11 is 0. The maximum atomic E-state index is 12.1. The molecule has 1 aromatic carbocycles. The zero-order chi connectivity index (χ0) is 14.4. The Morgan fingerprint density at radius 2 is 1.84 bits per heavy atom. The van der Waals surface area contributed by atoms with Crippen molar-refractivity contribution in [1.82, 2.24) is 5.32 Å². The van der Waals surface area contributed by atoms with E-state index < -0.39 is 12.0 Å². The van der Waals surface area contributed by atoms with Gasteiger partial charge in [-0.15, -0.1) is 0 Å². The molecule has 0 radical (unpaired) electrons. The molecule has 0 aromatic heterocycles. The molecule has 0 aliphatic carbocycles. The standard InChI is InChI=1S/C14H20N2O3/c1-4-12(13(17)18)15-14(19)16(5-2)11-8-6-10(3)7-9-11/h6-9,12H,4-5H2,1-3H3,(H,15,19)(H,17,18)/t12-/m0/s1. The van der Waals surface area contributed by atoms with Gasteiger partial charge in [0.05, 0.1) is 0 Å². The van der Waals surface area contributed by atoms with Crippen LogP contribution in [0.5, 0.6) is 0 Å². The second-order valence-electron chi connectivity index (χ2n) is 4.33. The quantitative estimate of drug-likeness (QED) is 0.858. The Labute approximate surface area is 113 Å². The van der Waals surface area contributed by atoms with Gasteiger partial charge in [0.25, 0.3) is 0 Å². The summed E-state index contributed by atoms with van der Waals surface area (Å²) in [6, 6.07) is 6.28. The molecule has 2 N–H and O–H groups in total. The molecule has 19 heavy (non-hydrogen) atoms. The first-order chi connectivity index (χ1) is 8.99. The van der Waals surface area contributed by atoms with Gasteiger partial charge in [-0.25, -0.2) is 9.59 Å². The number of benzene rings is 1. The average Bonchev–Trinajstić information content (AvgIpc) is 2.38. The Kier molecular flexibility index (Phi) is 5.36. The smallest absolute Gasteiger partial charge is 0.326 e. The van der Waals surface area contributed by atoms with Crippen molar-refractivity contribution in [3.8, 4) is 0 Å². The van der Waals surface area contributed by atoms with Gasteiger partial charge in [0.2, 0.25) is 0 Å². The molecule has 1 rings (SSSR count). The second-order valence-corrected chi connectivity index (χ2v) is 4.33. The van der Waals surface area contributed by atoms with Crippen molar-refractivity contribution in [1.29, 1.82) is 0 Å². The first-order valence-electron chi connectivity index (χ1n) is 6.37. The summed E-state index contributed by atoms with van der Waals surface area (Å²) in [5.74, 6) is -1.02. The van der Waals surface area contributed by atoms with Gasteiger partial charge in [-0.05, 0) is 32.4 Å². The van der Waals surface area contributed by atoms with Crippen molar-refractivity contribution in [2.45, 2.75) is 33.2 Å². The van der Waals surface area contributed by atoms with E-state index in [4.69, 9.17) is 5.11 Å². The number of anilines is 1. The van der Waals surface area contributed by atoms with Gasteiger partial charge >= 0.3 is 12.0 Å². The number of nitrogens with zero attached hydrogens (tertiary/aromatic N) is 1. The molecule has 1 atom stereocenters. The lowest BCUT2D eigenvalue weighted by Crippen LogP contribution is -2.47. The van der Waals surface area contributed by atoms with Crippen molar-refractivity contribution >= 4 is 17.7 Å². The minimum absolute atomic E-state index is 0.354. The fourth-order valence-electron chi connectivity index (χ4n) is 1.73. The van der Waals surface area contributed by atoms with Crippen molar-refractivity contribution in [3.63, 3.8) is 0 Å². The van der Waals surface area contributed by atoms with Crippen LogP contribution >= 0.6 is 0 Å². The molecule has 5 heteroatoms. The van der Waals surface area contributed by atoms with Crippen molar-refractivity contribution < 1.29 is 14.7 Å². The van der Waals surface area contributed by atoms with Gasteiger partial charge < -0.3 is 10.4 Å². The number of amides is 2. The Morgan fingerprint density at radius 1 is 1.26 bits per heavy atom. The largest absolute Gasteiger partial charge is 0.480 e. The number of aliphatic carboxylic acids is 1. The van der Waals surface area contributed by atoms with Crippen LogP contribution < -0.4 is 10.2 Å². The van der Waals surface area contributed by atoms with E-state index in [1.54, 1.807) is 6.92 Å². The molecule has 2 amide bonds. The van der Waals surface area contributed by atoms with E-state index in [-0.39, 0.29) is 6.03 Å². The number of carbonyl (C=O) groups excluding carboxylic acids is 1. The van der Waals surface area contributed by atoms with E-state index in [0.717, 1.165) is 11.3 Å². The molecule has 0 fully saturated rings. The zero-order valence-electron chi connectivity index (χ0n) is 11.5. The zero-order valence-corrected chi connectivity index (χ0v) is 11.5. The Bertz CT molecular complexity index is 443. The first-order valence-corrected chi connectivity index (χ1v) is 6.37. The van der Waals surface area contributed by atoms with Crippen LogP contribution in [0.2, 0.25) is 0 Å². The van der Waals surface area contributed by atoms with E-state index >= 15 is 0 Å². The molecule has 0 unspecified atom stereocenters. The molecular weight excluding hydrogens is 244 g/mol. The van der Waals surface area contributed by atoms with Crippen molar-refractivity contribution in [2.24, 2.45) is 0 Å². The van der Waals surface area contributed by atoms with E-state index in [1.807, 2.05) is 38.1 Å². The Balaban J connectivity index is 2.82. The predicted molar refractivity (Wildman–Crippen MR) is 74.4 cm³/mol. The third-order valence-corrected chi connectivity index (χ3v) is 2.91. The first kappa shape index (κ1) is 15.0. The number of nitrogens with one attached hydrogen (secondary N) is 1. The van der Waals surface area contributed by atoms with Gasteiger partial charge in [0.15, 0.2) is 0 Å². The molecule has 0 heterocycles. The summed E-state index contributed by atoms with van der Waals surface area (Å²) < 4.78 is 0. The predicted octanol–water partition coefficient (Wildman–Crippen LogP) is 2.39. The third kappa shape index (κ3) is 3.98. The van der Waals surface area contributed by atoms with Crippen molar-refractivity contribution in [2.75, 3.05) is 11.4 Å². The molecule has 0 spiro atoms. The summed E-state index contributed by atoms with van der Waals surface area (Å²) in [7, 11) is 0. The molecule has 104 valence electrons. The number of rotatable bonds is 5. The molecule has 0 aliphatic rings. The van der Waals surface area contributed by atoms with Crippen LogP contribution in [0.15, 0.2) is 24.3 Å². The minimum atomic E-state index is -1.02. The molecule has 0 saturated heterocycles. The SMILES string of the molecule is CC[C@H](NC(=O)N(CC)c1ccc(C)cc1)C(=O)O. The van der Waals surface area contributed by atoms with E-state index in [1.165, 1.54) is 4.90 Å². The third-order valence-electron chi connectivity index (χ3n) is 2.91. The van der Waals surface area contributed by atoms with Crippen LogP contribution in [0.25, 0.3) is 0 Å². The average molecular weight is 264 g/mol. The Morgan fingerprint density at radius 3 is 2.26 bits per heavy atom. The number of carboxylic acids is 1. The normalized spacial score (nSPS) is 11.7. The number of hydrogen-bond donors (Lipinski definition) is 2. The fraction of sp³-hybridized carbons (Fsp3) is 0.429. The topological polar surface area (TPSA) is 69.6 Å². The van der Waals surface area contributed by atoms with Crippen LogP contribution in [0.4, 0.5) is 10.5 Å². The summed E-state index contributed by atoms with van der Waals surface area (Å²) in [5.41, 5.74) is 1.86. The summed E-state index contributed by atoms with van der Waals surface area (Å²) in [6.07, 6.45) is 0.354. The lowest BCUT2D eigenvalue weighted by Gasteiger charge is -2.23. The van der Waals surface area contributed by atoms with E-state index in [2.05, 4.69) is 5.32 Å². The van der Waals surface area contributed by atoms with Gasteiger partial charge in [-0.3, -0.25) is 4.90 Å². The lowest BCUT2D eigenvalue weighted by atomic mass is 10.2. The van der Waals surface area contributed by atoms with Gasteiger partial charge in [-0.1, -0.05) is 24.6 Å². The Hall–Kier alpha value is -2.04. The van der Waals surface area contributed by atoms with E-state index in [9.17, 15) is 9.59 Å². The highest BCUT2D eigenvalue weighted by Gasteiger charge is 2.21. The van der Waals surface area contributed by atoms with Crippen LogP contribution in [0.1, 0.15) is 25.8 Å². The van der Waals surface area contributed by atoms with Crippen molar-refractivity contribution in [3.05, 3.63) is 29.8 Å². The highest BCUT2D eigenvalue weighted by molar-refractivity contribution is 5.94. The highest BCUT2D eigenvalue weighted by Crippen LogP contribution is 2.15. The van der Waals surface area contributed by atoms with Gasteiger partial charge in [0, 0.05) is 12.2 Å². The van der Waals surface area contributed by atoms with Crippen LogP contribution in [0, 0.1) is 6.92 Å². The fourth-order valence-corrected chi connectivity index (χ4v) is 1.73. The lowest BCUT2D eigenvalue weighted by molar-refractivity contribution is -0.139. The van der Waals surface area contributed by atoms with Crippen LogP contribution in [-0.2, 0) is 4.79 Å². The summed E-state index contributed by atoms with van der Waals surface area (Å²) in [6.45, 7) is 6.02. The summed E-state index contributed by atoms with van der Waals surface area (Å²) in [4.78, 5) is 24.5. The van der Waals surface area contributed by atoms with Crippen LogP contribution in [0.3, 0.4) is 0 Å². The number of aryl methyl sites for hydroxylation is 1. The molecule has 0 bridgehead atoms. The molecule has 0 aliphatic heterocycles. The number of carboxylic acid groups (broad SMARTS) is 1. The van der Waals surface area contributed by atoms with E-state index in [0.29, 0.717) is 13.0 Å².